The Labute approximate surface area is 178 Å². The summed E-state index contributed by atoms with van der Waals surface area (Å²) in [5, 5.41) is 3.08. The van der Waals surface area contributed by atoms with E-state index in [1.807, 2.05) is 32.0 Å². The molecule has 0 fully saturated rings. The zero-order valence-corrected chi connectivity index (χ0v) is 18.5. The van der Waals surface area contributed by atoms with Crippen LogP contribution in [0.2, 0.25) is 0 Å². The van der Waals surface area contributed by atoms with Crippen molar-refractivity contribution in [2.75, 3.05) is 5.32 Å². The molecule has 0 radical (unpaired) electrons. The van der Waals surface area contributed by atoms with Crippen LogP contribution in [0.3, 0.4) is 0 Å². The minimum Gasteiger partial charge on any atom is -0.324 e. The average Bonchev–Trinajstić information content (AvgIpc) is 2.93. The van der Waals surface area contributed by atoms with Gasteiger partial charge in [0.05, 0.1) is 11.1 Å². The molecule has 0 saturated heterocycles. The van der Waals surface area contributed by atoms with Gasteiger partial charge in [-0.2, -0.15) is 0 Å². The maximum atomic E-state index is 13.5. The highest BCUT2D eigenvalue weighted by Gasteiger charge is 2.44. The summed E-state index contributed by atoms with van der Waals surface area (Å²) in [6.07, 6.45) is 0. The molecule has 2 aromatic carbocycles. The molecule has 1 N–H and O–H groups in total. The molecule has 3 rings (SSSR count). The van der Waals surface area contributed by atoms with Crippen LogP contribution in [0.1, 0.15) is 85.2 Å². The number of carbonyl (C=O) groups excluding carboxylic acids is 3. The molecule has 1 heterocycles. The van der Waals surface area contributed by atoms with Gasteiger partial charge in [0.2, 0.25) is 5.91 Å². The number of imide groups is 1. The Kier molecular flexibility index (Phi) is 6.11. The van der Waals surface area contributed by atoms with Crippen LogP contribution >= 0.6 is 0 Å². The van der Waals surface area contributed by atoms with Crippen LogP contribution in [0.5, 0.6) is 0 Å². The molecule has 5 nitrogen and oxygen atoms in total. The van der Waals surface area contributed by atoms with Crippen molar-refractivity contribution in [3.05, 3.63) is 64.7 Å². The summed E-state index contributed by atoms with van der Waals surface area (Å²) in [5.74, 6) is -0.960. The van der Waals surface area contributed by atoms with Crippen LogP contribution in [0.4, 0.5) is 5.69 Å². The smallest absolute Gasteiger partial charge is 0.262 e. The molecule has 0 aliphatic carbocycles. The summed E-state index contributed by atoms with van der Waals surface area (Å²) in [4.78, 5) is 40.6. The zero-order chi connectivity index (χ0) is 22.2. The average molecular weight is 407 g/mol. The summed E-state index contributed by atoms with van der Waals surface area (Å²) in [6, 6.07) is 11.9. The van der Waals surface area contributed by atoms with Gasteiger partial charge in [0, 0.05) is 5.69 Å². The van der Waals surface area contributed by atoms with Crippen molar-refractivity contribution in [1.29, 1.82) is 0 Å². The minimum absolute atomic E-state index is 0.218. The van der Waals surface area contributed by atoms with Crippen molar-refractivity contribution in [1.82, 2.24) is 4.90 Å². The molecule has 1 unspecified atom stereocenters. The van der Waals surface area contributed by atoms with Crippen LogP contribution in [0, 0.1) is 5.92 Å². The second-order valence-corrected chi connectivity index (χ2v) is 8.82. The number of rotatable bonds is 6. The first-order chi connectivity index (χ1) is 14.1. The van der Waals surface area contributed by atoms with Gasteiger partial charge >= 0.3 is 0 Å². The predicted octanol–water partition coefficient (Wildman–Crippen LogP) is 5.19. The van der Waals surface area contributed by atoms with Gasteiger partial charge in [0.25, 0.3) is 11.8 Å². The molecule has 1 atom stereocenters. The second-order valence-electron chi connectivity index (χ2n) is 8.82. The summed E-state index contributed by atoms with van der Waals surface area (Å²) >= 11 is 0. The lowest BCUT2D eigenvalue weighted by molar-refractivity contribution is -0.121. The summed E-state index contributed by atoms with van der Waals surface area (Å²) in [6.45, 7) is 12.0. The highest BCUT2D eigenvalue weighted by Crippen LogP contribution is 2.34. The minimum atomic E-state index is -0.891. The number of hydrogen-bond donors (Lipinski definition) is 1. The first-order valence-corrected chi connectivity index (χ1v) is 10.6. The van der Waals surface area contributed by atoms with E-state index in [-0.39, 0.29) is 23.7 Å². The second kappa shape index (κ2) is 8.42. The van der Waals surface area contributed by atoms with Gasteiger partial charge < -0.3 is 5.32 Å². The van der Waals surface area contributed by atoms with Crippen molar-refractivity contribution >= 4 is 23.4 Å². The van der Waals surface area contributed by atoms with E-state index >= 15 is 0 Å². The Morgan fingerprint density at radius 3 is 1.63 bits per heavy atom. The molecule has 158 valence electrons. The summed E-state index contributed by atoms with van der Waals surface area (Å²) in [5.41, 5.74) is 3.58. The number of fused-ring (bicyclic) bond motifs is 1. The van der Waals surface area contributed by atoms with Crippen LogP contribution in [0.15, 0.2) is 42.5 Å². The zero-order valence-electron chi connectivity index (χ0n) is 18.5. The number of benzene rings is 2. The predicted molar refractivity (Wildman–Crippen MR) is 119 cm³/mol. The largest absolute Gasteiger partial charge is 0.324 e. The highest BCUT2D eigenvalue weighted by molar-refractivity contribution is 6.23. The molecule has 5 heteroatoms. The molecule has 1 aliphatic rings. The van der Waals surface area contributed by atoms with Gasteiger partial charge in [0.1, 0.15) is 6.04 Å². The summed E-state index contributed by atoms with van der Waals surface area (Å²) < 4.78 is 0. The van der Waals surface area contributed by atoms with E-state index < -0.39 is 17.9 Å². The maximum Gasteiger partial charge on any atom is 0.262 e. The SMILES string of the molecule is CC(C)c1cccc(C(C)C)c1NC(=O)C(C(C)C)N1C(=O)c2ccccc2C1=O. The van der Waals surface area contributed by atoms with E-state index in [2.05, 4.69) is 33.0 Å². The van der Waals surface area contributed by atoms with E-state index in [4.69, 9.17) is 0 Å². The first kappa shape index (κ1) is 21.8. The van der Waals surface area contributed by atoms with E-state index in [9.17, 15) is 14.4 Å². The number of nitrogens with one attached hydrogen (secondary N) is 1. The third kappa shape index (κ3) is 3.76. The number of nitrogens with zero attached hydrogens (tertiary/aromatic N) is 1. The first-order valence-electron chi connectivity index (χ1n) is 10.6. The van der Waals surface area contributed by atoms with Crippen molar-refractivity contribution in [3.8, 4) is 0 Å². The van der Waals surface area contributed by atoms with Crippen molar-refractivity contribution in [3.63, 3.8) is 0 Å². The number of anilines is 1. The number of para-hydroxylation sites is 1. The Morgan fingerprint density at radius 1 is 0.767 bits per heavy atom. The van der Waals surface area contributed by atoms with Crippen LogP contribution in [-0.4, -0.2) is 28.7 Å². The fraction of sp³-hybridized carbons (Fsp3) is 0.400. The molecule has 1 aliphatic heterocycles. The van der Waals surface area contributed by atoms with Crippen molar-refractivity contribution in [2.45, 2.75) is 59.4 Å². The van der Waals surface area contributed by atoms with Crippen LogP contribution in [-0.2, 0) is 4.79 Å². The molecule has 0 aromatic heterocycles. The standard InChI is InChI=1S/C25H30N2O3/c1-14(2)17-12-9-13-18(15(3)4)21(17)26-23(28)22(16(5)6)27-24(29)19-10-7-8-11-20(19)25(27)30/h7-16,22H,1-6H3,(H,26,28). The van der Waals surface area contributed by atoms with Gasteiger partial charge in [-0.05, 0) is 41.0 Å². The monoisotopic (exact) mass is 406 g/mol. The Balaban J connectivity index is 2.00. The Bertz CT molecular complexity index is 930. The lowest BCUT2D eigenvalue weighted by Crippen LogP contribution is -2.50. The molecule has 0 spiro atoms. The molecular formula is C25H30N2O3. The van der Waals surface area contributed by atoms with Gasteiger partial charge in [-0.25, -0.2) is 0 Å². The quantitative estimate of drug-likeness (QED) is 0.671. The number of carbonyl (C=O) groups is 3. The third-order valence-electron chi connectivity index (χ3n) is 5.62. The Hall–Kier alpha value is -2.95. The third-order valence-corrected chi connectivity index (χ3v) is 5.62. The summed E-state index contributed by atoms with van der Waals surface area (Å²) in [7, 11) is 0. The van der Waals surface area contributed by atoms with E-state index in [1.54, 1.807) is 24.3 Å². The highest BCUT2D eigenvalue weighted by atomic mass is 16.2. The van der Waals surface area contributed by atoms with Crippen molar-refractivity contribution in [2.24, 2.45) is 5.92 Å². The topological polar surface area (TPSA) is 66.5 Å². The van der Waals surface area contributed by atoms with Gasteiger partial charge in [-0.1, -0.05) is 71.9 Å². The Morgan fingerprint density at radius 2 is 1.23 bits per heavy atom. The van der Waals surface area contributed by atoms with Crippen LogP contribution < -0.4 is 5.32 Å². The molecule has 3 amide bonds. The number of hydrogen-bond acceptors (Lipinski definition) is 3. The van der Waals surface area contributed by atoms with Gasteiger partial charge in [0.15, 0.2) is 0 Å². The van der Waals surface area contributed by atoms with E-state index in [0.29, 0.717) is 11.1 Å². The van der Waals surface area contributed by atoms with Gasteiger partial charge in [-0.15, -0.1) is 0 Å². The number of amides is 3. The molecule has 0 bridgehead atoms. The normalized spacial score (nSPS) is 14.6. The molecule has 2 aromatic rings. The fourth-order valence-corrected chi connectivity index (χ4v) is 4.07. The van der Waals surface area contributed by atoms with Crippen LogP contribution in [0.25, 0.3) is 0 Å². The lowest BCUT2D eigenvalue weighted by atomic mass is 9.92. The molecular weight excluding hydrogens is 376 g/mol. The van der Waals surface area contributed by atoms with Crippen molar-refractivity contribution < 1.29 is 14.4 Å². The van der Waals surface area contributed by atoms with E-state index in [1.165, 1.54) is 0 Å². The van der Waals surface area contributed by atoms with E-state index in [0.717, 1.165) is 21.7 Å². The fourth-order valence-electron chi connectivity index (χ4n) is 4.07. The molecule has 30 heavy (non-hydrogen) atoms. The van der Waals surface area contributed by atoms with Gasteiger partial charge in [-0.3, -0.25) is 19.3 Å². The molecule has 0 saturated carbocycles. The maximum absolute atomic E-state index is 13.5. The lowest BCUT2D eigenvalue weighted by Gasteiger charge is -2.30.